The Labute approximate surface area is 181 Å². The monoisotopic (exact) mass is 411 g/mol. The van der Waals surface area contributed by atoms with Crippen LogP contribution >= 0.6 is 0 Å². The summed E-state index contributed by atoms with van der Waals surface area (Å²) in [5, 5.41) is 2.20. The zero-order chi connectivity index (χ0) is 20.9. The molecule has 31 heavy (non-hydrogen) atoms. The van der Waals surface area contributed by atoms with Gasteiger partial charge in [-0.25, -0.2) is 0 Å². The number of amides is 1. The Bertz CT molecular complexity index is 1330. The molecular weight excluding hydrogens is 386 g/mol. The maximum absolute atomic E-state index is 13.2. The second kappa shape index (κ2) is 7.12. The van der Waals surface area contributed by atoms with Crippen LogP contribution in [0.3, 0.4) is 0 Å². The van der Waals surface area contributed by atoms with E-state index in [1.807, 2.05) is 35.4 Å². The summed E-state index contributed by atoms with van der Waals surface area (Å²) >= 11 is 0. The lowest BCUT2D eigenvalue weighted by molar-refractivity contribution is -0.132. The number of piperidine rings is 1. The lowest BCUT2D eigenvalue weighted by Gasteiger charge is -2.38. The predicted octanol–water partition coefficient (Wildman–Crippen LogP) is 5.00. The molecule has 0 unspecified atom stereocenters. The van der Waals surface area contributed by atoms with Crippen molar-refractivity contribution >= 4 is 33.9 Å². The largest absolute Gasteiger partial charge is 0.464 e. The molecule has 4 aromatic rings. The van der Waals surface area contributed by atoms with Crippen LogP contribution in [0.15, 0.2) is 59.5 Å². The number of carbonyl (C=O) groups is 1. The topological polar surface area (TPSA) is 51.3 Å². The zero-order valence-electron chi connectivity index (χ0n) is 17.6. The molecule has 0 N–H and O–H groups in total. The van der Waals surface area contributed by atoms with Gasteiger partial charge in [-0.1, -0.05) is 37.3 Å². The summed E-state index contributed by atoms with van der Waals surface area (Å²) in [6.45, 7) is 3.85. The number of benzene rings is 1. The number of furan rings is 1. The number of para-hydroxylation sites is 1. The third-order valence-corrected chi connectivity index (χ3v) is 7.00. The summed E-state index contributed by atoms with van der Waals surface area (Å²) in [5.74, 6) is 0.676. The molecule has 6 rings (SSSR count). The third kappa shape index (κ3) is 2.99. The van der Waals surface area contributed by atoms with E-state index in [0.29, 0.717) is 12.3 Å². The molecule has 1 aromatic carbocycles. The van der Waals surface area contributed by atoms with Crippen molar-refractivity contribution in [1.82, 2.24) is 14.5 Å². The smallest absolute Gasteiger partial charge is 0.227 e. The van der Waals surface area contributed by atoms with E-state index in [4.69, 9.17) is 4.42 Å². The number of rotatable bonds is 3. The van der Waals surface area contributed by atoms with Crippen LogP contribution < -0.4 is 0 Å². The van der Waals surface area contributed by atoms with Crippen molar-refractivity contribution in [3.05, 3.63) is 71.9 Å². The van der Waals surface area contributed by atoms with Gasteiger partial charge in [-0.2, -0.15) is 0 Å². The van der Waals surface area contributed by atoms with E-state index in [0.717, 1.165) is 48.2 Å². The highest BCUT2D eigenvalue weighted by molar-refractivity contribution is 5.90. The molecule has 4 heterocycles. The second-order valence-electron chi connectivity index (χ2n) is 8.86. The van der Waals surface area contributed by atoms with E-state index in [2.05, 4.69) is 40.9 Å². The van der Waals surface area contributed by atoms with Crippen LogP contribution in [0.4, 0.5) is 0 Å². The van der Waals surface area contributed by atoms with Gasteiger partial charge >= 0.3 is 0 Å². The first-order chi connectivity index (χ1) is 15.2. The van der Waals surface area contributed by atoms with Crippen LogP contribution in [0.5, 0.6) is 0 Å². The molecular formula is C26H25N3O2. The SMILES string of the molecule is C[C@@H]1CCN(C(=O)Cc2coc3ccccc23)C[C@@H]1n1ccc2cnc3c(c21)C=CC3. The lowest BCUT2D eigenvalue weighted by Crippen LogP contribution is -2.44. The van der Waals surface area contributed by atoms with Crippen LogP contribution in [-0.4, -0.2) is 33.4 Å². The summed E-state index contributed by atoms with van der Waals surface area (Å²) in [5.41, 5.74) is 5.45. The summed E-state index contributed by atoms with van der Waals surface area (Å²) in [7, 11) is 0. The van der Waals surface area contributed by atoms with Crippen LogP contribution in [-0.2, 0) is 17.6 Å². The molecule has 1 aliphatic carbocycles. The maximum atomic E-state index is 13.2. The van der Waals surface area contributed by atoms with Crippen LogP contribution in [0.1, 0.15) is 36.2 Å². The van der Waals surface area contributed by atoms with Crippen molar-refractivity contribution < 1.29 is 9.21 Å². The zero-order valence-corrected chi connectivity index (χ0v) is 17.6. The minimum Gasteiger partial charge on any atom is -0.464 e. The normalized spacial score (nSPS) is 20.6. The van der Waals surface area contributed by atoms with E-state index >= 15 is 0 Å². The number of hydrogen-bond donors (Lipinski definition) is 0. The van der Waals surface area contributed by atoms with Crippen molar-refractivity contribution in [3.63, 3.8) is 0 Å². The van der Waals surface area contributed by atoms with Gasteiger partial charge in [0.2, 0.25) is 5.91 Å². The van der Waals surface area contributed by atoms with Gasteiger partial charge in [0, 0.05) is 53.8 Å². The lowest BCUT2D eigenvalue weighted by atomic mass is 9.92. The van der Waals surface area contributed by atoms with E-state index in [1.54, 1.807) is 6.26 Å². The highest BCUT2D eigenvalue weighted by Gasteiger charge is 2.31. The molecule has 3 aromatic heterocycles. The molecule has 0 saturated carbocycles. The van der Waals surface area contributed by atoms with E-state index < -0.39 is 0 Å². The molecule has 156 valence electrons. The summed E-state index contributed by atoms with van der Waals surface area (Å²) in [6.07, 6.45) is 12.6. The van der Waals surface area contributed by atoms with Gasteiger partial charge in [-0.05, 0) is 24.5 Å². The number of aromatic nitrogens is 2. The number of pyridine rings is 1. The highest BCUT2D eigenvalue weighted by atomic mass is 16.3. The first-order valence-electron chi connectivity index (χ1n) is 11.1. The minimum atomic E-state index is 0.173. The third-order valence-electron chi connectivity index (χ3n) is 7.00. The first kappa shape index (κ1) is 18.4. The van der Waals surface area contributed by atoms with Gasteiger partial charge in [-0.15, -0.1) is 0 Å². The molecule has 0 radical (unpaired) electrons. The molecule has 1 aliphatic heterocycles. The van der Waals surface area contributed by atoms with Gasteiger partial charge in [0.25, 0.3) is 0 Å². The number of nitrogens with zero attached hydrogens (tertiary/aromatic N) is 3. The van der Waals surface area contributed by atoms with Gasteiger partial charge in [0.05, 0.1) is 29.9 Å². The predicted molar refractivity (Wildman–Crippen MR) is 122 cm³/mol. The Morgan fingerprint density at radius 2 is 2.16 bits per heavy atom. The van der Waals surface area contributed by atoms with Crippen molar-refractivity contribution in [2.75, 3.05) is 13.1 Å². The first-order valence-corrected chi connectivity index (χ1v) is 11.1. The van der Waals surface area contributed by atoms with Crippen LogP contribution in [0.2, 0.25) is 0 Å². The maximum Gasteiger partial charge on any atom is 0.227 e. The Kier molecular flexibility index (Phi) is 4.23. The molecule has 1 saturated heterocycles. The molecule has 1 fully saturated rings. The average Bonchev–Trinajstić information content (AvgIpc) is 3.52. The average molecular weight is 412 g/mol. The Morgan fingerprint density at radius 1 is 1.26 bits per heavy atom. The standard InChI is InChI=1S/C26H25N3O2/c1-17-9-11-28(25(30)13-19-16-31-24-8-3-2-5-20(19)24)15-23(17)29-12-10-18-14-27-22-7-4-6-21(22)26(18)29/h2-6,8,10,12,14,16-17,23H,7,9,11,13,15H2,1H3/t17-,23+/m1/s1. The Hall–Kier alpha value is -3.34. The molecule has 0 spiro atoms. The second-order valence-corrected chi connectivity index (χ2v) is 8.86. The molecule has 2 atom stereocenters. The number of likely N-dealkylation sites (tertiary alicyclic amines) is 1. The van der Waals surface area contributed by atoms with Crippen molar-refractivity contribution in [2.45, 2.75) is 32.2 Å². The van der Waals surface area contributed by atoms with E-state index in [1.165, 1.54) is 16.5 Å². The molecule has 5 nitrogen and oxygen atoms in total. The van der Waals surface area contributed by atoms with Crippen LogP contribution in [0, 0.1) is 5.92 Å². The Morgan fingerprint density at radius 3 is 3.10 bits per heavy atom. The minimum absolute atomic E-state index is 0.173. The van der Waals surface area contributed by atoms with E-state index in [9.17, 15) is 4.79 Å². The van der Waals surface area contributed by atoms with Crippen LogP contribution in [0.25, 0.3) is 27.9 Å². The number of hydrogen-bond acceptors (Lipinski definition) is 3. The highest BCUT2D eigenvalue weighted by Crippen LogP contribution is 2.35. The summed E-state index contributed by atoms with van der Waals surface area (Å²) in [6, 6.07) is 10.3. The molecule has 5 heteroatoms. The van der Waals surface area contributed by atoms with Gasteiger partial charge < -0.3 is 13.9 Å². The summed E-state index contributed by atoms with van der Waals surface area (Å²) < 4.78 is 8.03. The fourth-order valence-electron chi connectivity index (χ4n) is 5.20. The van der Waals surface area contributed by atoms with Gasteiger partial charge in [0.1, 0.15) is 5.58 Å². The molecule has 2 aliphatic rings. The fourth-order valence-corrected chi connectivity index (χ4v) is 5.20. The quantitative estimate of drug-likeness (QED) is 0.476. The molecule has 1 amide bonds. The van der Waals surface area contributed by atoms with Crippen molar-refractivity contribution in [1.29, 1.82) is 0 Å². The van der Waals surface area contributed by atoms with E-state index in [-0.39, 0.29) is 11.9 Å². The van der Waals surface area contributed by atoms with Gasteiger partial charge in [-0.3, -0.25) is 9.78 Å². The van der Waals surface area contributed by atoms with Crippen molar-refractivity contribution in [2.24, 2.45) is 5.92 Å². The summed E-state index contributed by atoms with van der Waals surface area (Å²) in [4.78, 5) is 19.9. The number of allylic oxidation sites excluding steroid dienone is 1. The fraction of sp³-hybridized carbons (Fsp3) is 0.308. The number of carbonyl (C=O) groups excluding carboxylic acids is 1. The van der Waals surface area contributed by atoms with Crippen molar-refractivity contribution in [3.8, 4) is 0 Å². The number of fused-ring (bicyclic) bond motifs is 4. The Balaban J connectivity index is 1.29. The molecule has 0 bridgehead atoms. The van der Waals surface area contributed by atoms with Gasteiger partial charge in [0.15, 0.2) is 0 Å².